The molecule has 0 fully saturated rings. The van der Waals surface area contributed by atoms with E-state index in [0.29, 0.717) is 38.5 Å². The molecule has 2 heterocycles. The molecule has 0 saturated heterocycles. The van der Waals surface area contributed by atoms with Crippen molar-refractivity contribution in [1.82, 2.24) is 10.6 Å². The van der Waals surface area contributed by atoms with Crippen LogP contribution in [-0.2, 0) is 11.3 Å². The van der Waals surface area contributed by atoms with E-state index in [1.807, 2.05) is 0 Å². The lowest BCUT2D eigenvalue weighted by Gasteiger charge is -2.10. The smallest absolute Gasteiger partial charge is 0.268 e. The number of hydrogen-bond acceptors (Lipinski definition) is 4. The van der Waals surface area contributed by atoms with E-state index >= 15 is 0 Å². The molecule has 4 aromatic rings. The Morgan fingerprint density at radius 2 is 1.76 bits per heavy atom. The number of nitrogens with one attached hydrogen (secondary N) is 2. The van der Waals surface area contributed by atoms with Crippen LogP contribution in [0.15, 0.2) is 93.6 Å². The molecule has 0 bridgehead atoms. The summed E-state index contributed by atoms with van der Waals surface area (Å²) in [6.45, 7) is 0.161. The van der Waals surface area contributed by atoms with E-state index in [-0.39, 0.29) is 12.2 Å². The van der Waals surface area contributed by atoms with E-state index < -0.39 is 11.8 Å². The first-order valence-electron chi connectivity index (χ1n) is 9.93. The second-order valence-corrected chi connectivity index (χ2v) is 7.81. The number of amides is 2. The third kappa shape index (κ3) is 5.74. The summed E-state index contributed by atoms with van der Waals surface area (Å²) < 4.78 is 11.1. The van der Waals surface area contributed by atoms with Gasteiger partial charge < -0.3 is 19.5 Å². The number of hydrogen-bond donors (Lipinski definition) is 2. The fourth-order valence-corrected chi connectivity index (χ4v) is 3.53. The summed E-state index contributed by atoms with van der Waals surface area (Å²) in [5.41, 5.74) is 1.08. The first-order valence-corrected chi connectivity index (χ1v) is 10.7. The quantitative estimate of drug-likeness (QED) is 0.321. The van der Waals surface area contributed by atoms with Gasteiger partial charge in [-0.25, -0.2) is 0 Å². The van der Waals surface area contributed by atoms with Crippen molar-refractivity contribution < 1.29 is 18.4 Å². The normalized spacial score (nSPS) is 11.3. The fourth-order valence-electron chi connectivity index (χ4n) is 3.02. The van der Waals surface area contributed by atoms with Crippen LogP contribution in [0.5, 0.6) is 0 Å². The lowest BCUT2D eigenvalue weighted by molar-refractivity contribution is -0.118. The number of carbonyl (C=O) groups is 2. The first-order chi connectivity index (χ1) is 16.0. The Balaban J connectivity index is 1.59. The van der Waals surface area contributed by atoms with Crippen molar-refractivity contribution in [2.45, 2.75) is 6.54 Å². The molecule has 2 amide bonds. The molecule has 0 aliphatic carbocycles. The molecular weight excluding hydrogens is 463 g/mol. The predicted octanol–water partition coefficient (Wildman–Crippen LogP) is 5.93. The lowest BCUT2D eigenvalue weighted by Crippen LogP contribution is -2.34. The van der Waals surface area contributed by atoms with E-state index in [0.717, 1.165) is 0 Å². The van der Waals surface area contributed by atoms with Gasteiger partial charge in [0.25, 0.3) is 11.8 Å². The maximum Gasteiger partial charge on any atom is 0.268 e. The van der Waals surface area contributed by atoms with Gasteiger partial charge >= 0.3 is 0 Å². The first kappa shape index (κ1) is 22.5. The minimum absolute atomic E-state index is 0.0125. The van der Waals surface area contributed by atoms with E-state index in [2.05, 4.69) is 10.6 Å². The Kier molecular flexibility index (Phi) is 6.98. The Bertz CT molecular complexity index is 1300. The van der Waals surface area contributed by atoms with Crippen molar-refractivity contribution in [2.24, 2.45) is 0 Å². The maximum absolute atomic E-state index is 12.9. The Labute approximate surface area is 199 Å². The van der Waals surface area contributed by atoms with Gasteiger partial charge in [-0.15, -0.1) is 0 Å². The fraction of sp³-hybridized carbons (Fsp3) is 0.0400. The van der Waals surface area contributed by atoms with Gasteiger partial charge in [-0.2, -0.15) is 0 Å². The highest BCUT2D eigenvalue weighted by molar-refractivity contribution is 6.36. The Morgan fingerprint density at radius 3 is 2.48 bits per heavy atom. The minimum Gasteiger partial charge on any atom is -0.467 e. The van der Waals surface area contributed by atoms with Crippen LogP contribution in [0.2, 0.25) is 10.0 Å². The molecule has 4 rings (SSSR count). The third-order valence-corrected chi connectivity index (χ3v) is 5.19. The summed E-state index contributed by atoms with van der Waals surface area (Å²) in [7, 11) is 0. The molecule has 0 spiro atoms. The highest BCUT2D eigenvalue weighted by atomic mass is 35.5. The minimum atomic E-state index is -0.502. The van der Waals surface area contributed by atoms with Crippen LogP contribution in [0.4, 0.5) is 0 Å². The van der Waals surface area contributed by atoms with E-state index in [4.69, 9.17) is 32.0 Å². The molecule has 0 atom stereocenters. The lowest BCUT2D eigenvalue weighted by atomic mass is 10.2. The van der Waals surface area contributed by atoms with Gasteiger partial charge in [0.05, 0.1) is 17.8 Å². The second kappa shape index (κ2) is 10.3. The Hall–Kier alpha value is -3.74. The van der Waals surface area contributed by atoms with E-state index in [1.54, 1.807) is 72.8 Å². The van der Waals surface area contributed by atoms with Crippen molar-refractivity contribution in [3.63, 3.8) is 0 Å². The summed E-state index contributed by atoms with van der Waals surface area (Å²) in [5.74, 6) is 0.496. The molecule has 8 heteroatoms. The Morgan fingerprint density at radius 1 is 0.939 bits per heavy atom. The molecule has 166 valence electrons. The van der Waals surface area contributed by atoms with Gasteiger partial charge in [-0.05, 0) is 54.6 Å². The molecule has 0 aliphatic heterocycles. The largest absolute Gasteiger partial charge is 0.467 e. The molecule has 0 aliphatic rings. The molecule has 0 saturated carbocycles. The highest BCUT2D eigenvalue weighted by Crippen LogP contribution is 2.32. The predicted molar refractivity (Wildman–Crippen MR) is 127 cm³/mol. The van der Waals surface area contributed by atoms with Crippen LogP contribution in [0, 0.1) is 0 Å². The van der Waals surface area contributed by atoms with Crippen LogP contribution >= 0.6 is 23.2 Å². The molecule has 0 unspecified atom stereocenters. The van der Waals surface area contributed by atoms with Crippen LogP contribution in [0.3, 0.4) is 0 Å². The van der Waals surface area contributed by atoms with Gasteiger partial charge in [0.2, 0.25) is 0 Å². The zero-order chi connectivity index (χ0) is 23.2. The molecule has 33 heavy (non-hydrogen) atoms. The second-order valence-electron chi connectivity index (χ2n) is 6.97. The van der Waals surface area contributed by atoms with Gasteiger partial charge in [-0.1, -0.05) is 41.4 Å². The molecule has 2 aromatic heterocycles. The van der Waals surface area contributed by atoms with Crippen molar-refractivity contribution >= 4 is 41.1 Å². The van der Waals surface area contributed by atoms with Crippen LogP contribution in [-0.4, -0.2) is 11.8 Å². The SMILES string of the molecule is O=C(NCc1ccco1)/C(=C/c1ccc(-c2ccc(Cl)cc2Cl)o1)NC(=O)c1ccccc1. The molecule has 6 nitrogen and oxygen atoms in total. The molecule has 2 aromatic carbocycles. The molecular formula is C25H18Cl2N2O4. The van der Waals surface area contributed by atoms with Crippen molar-refractivity contribution in [1.29, 1.82) is 0 Å². The van der Waals surface area contributed by atoms with Gasteiger partial charge in [0, 0.05) is 22.2 Å². The maximum atomic E-state index is 12.9. The van der Waals surface area contributed by atoms with Crippen molar-refractivity contribution in [3.8, 4) is 11.3 Å². The molecule has 2 N–H and O–H groups in total. The van der Waals surface area contributed by atoms with Crippen LogP contribution < -0.4 is 10.6 Å². The topological polar surface area (TPSA) is 84.5 Å². The number of halogens is 2. The summed E-state index contributed by atoms with van der Waals surface area (Å²) in [6.07, 6.45) is 2.97. The standard InChI is InChI=1S/C25H18Cl2N2O4/c26-17-8-10-20(21(27)13-17)23-11-9-18(33-23)14-22(25(31)28-15-19-7-4-12-32-19)29-24(30)16-5-2-1-3-6-16/h1-14H,15H2,(H,28,31)(H,29,30)/b22-14-. The summed E-state index contributed by atoms with van der Waals surface area (Å²) in [4.78, 5) is 25.5. The van der Waals surface area contributed by atoms with Gasteiger partial charge in [0.1, 0.15) is 23.0 Å². The third-order valence-electron chi connectivity index (χ3n) is 4.64. The highest BCUT2D eigenvalue weighted by Gasteiger charge is 2.16. The van der Waals surface area contributed by atoms with E-state index in [1.165, 1.54) is 12.3 Å². The number of rotatable bonds is 7. The average Bonchev–Trinajstić information content (AvgIpc) is 3.50. The summed E-state index contributed by atoms with van der Waals surface area (Å²) >= 11 is 12.2. The van der Waals surface area contributed by atoms with Gasteiger partial charge in [0.15, 0.2) is 0 Å². The van der Waals surface area contributed by atoms with Crippen molar-refractivity contribution in [3.05, 3.63) is 112 Å². The zero-order valence-corrected chi connectivity index (χ0v) is 18.7. The van der Waals surface area contributed by atoms with E-state index in [9.17, 15) is 9.59 Å². The molecule has 0 radical (unpaired) electrons. The summed E-state index contributed by atoms with van der Waals surface area (Å²) in [6, 6.07) is 20.5. The average molecular weight is 481 g/mol. The van der Waals surface area contributed by atoms with Crippen LogP contribution in [0.25, 0.3) is 17.4 Å². The van der Waals surface area contributed by atoms with Crippen LogP contribution in [0.1, 0.15) is 21.9 Å². The summed E-state index contributed by atoms with van der Waals surface area (Å²) in [5, 5.41) is 6.32. The number of furan rings is 2. The number of carbonyl (C=O) groups excluding carboxylic acids is 2. The van der Waals surface area contributed by atoms with Gasteiger partial charge in [-0.3, -0.25) is 9.59 Å². The monoisotopic (exact) mass is 480 g/mol. The van der Waals surface area contributed by atoms with Crippen molar-refractivity contribution in [2.75, 3.05) is 0 Å². The number of benzene rings is 2. The zero-order valence-electron chi connectivity index (χ0n) is 17.2.